The monoisotopic (exact) mass is 194 g/mol. The minimum absolute atomic E-state index is 0.0275. The predicted molar refractivity (Wildman–Crippen MR) is 57.2 cm³/mol. The highest BCUT2D eigenvalue weighted by Crippen LogP contribution is 2.20. The van der Waals surface area contributed by atoms with Gasteiger partial charge in [-0.2, -0.15) is 0 Å². The van der Waals surface area contributed by atoms with Gasteiger partial charge in [-0.15, -0.1) is 0 Å². The van der Waals surface area contributed by atoms with Gasteiger partial charge in [-0.05, 0) is 19.4 Å². The molecule has 1 heterocycles. The van der Waals surface area contributed by atoms with Crippen LogP contribution in [0.5, 0.6) is 5.88 Å². The Kier molecular flexibility index (Phi) is 4.40. The van der Waals surface area contributed by atoms with Crippen LogP contribution in [0.4, 0.5) is 0 Å². The van der Waals surface area contributed by atoms with Crippen molar-refractivity contribution in [1.29, 1.82) is 0 Å². The number of unbranched alkanes of at least 4 members (excludes halogenated alkanes) is 1. The largest absolute Gasteiger partial charge is 0.477 e. The number of hydrogen-bond donors (Lipinski definition) is 1. The first-order valence-corrected chi connectivity index (χ1v) is 5.09. The zero-order valence-corrected chi connectivity index (χ0v) is 8.86. The average molecular weight is 194 g/mol. The van der Waals surface area contributed by atoms with Gasteiger partial charge in [-0.3, -0.25) is 0 Å². The van der Waals surface area contributed by atoms with Crippen LogP contribution in [0.3, 0.4) is 0 Å². The molecule has 0 bridgehead atoms. The van der Waals surface area contributed by atoms with Crippen LogP contribution in [-0.4, -0.2) is 11.6 Å². The van der Waals surface area contributed by atoms with Crippen molar-refractivity contribution in [2.45, 2.75) is 32.7 Å². The molecule has 78 valence electrons. The fourth-order valence-electron chi connectivity index (χ4n) is 1.18. The van der Waals surface area contributed by atoms with E-state index in [4.69, 9.17) is 10.5 Å². The fourth-order valence-corrected chi connectivity index (χ4v) is 1.18. The van der Waals surface area contributed by atoms with Gasteiger partial charge in [0.25, 0.3) is 0 Å². The number of ether oxygens (including phenoxy) is 1. The topological polar surface area (TPSA) is 48.1 Å². The van der Waals surface area contributed by atoms with Crippen molar-refractivity contribution >= 4 is 0 Å². The zero-order chi connectivity index (χ0) is 10.4. The van der Waals surface area contributed by atoms with Crippen molar-refractivity contribution in [3.05, 3.63) is 23.9 Å². The molecule has 0 amide bonds. The van der Waals surface area contributed by atoms with Crippen LogP contribution in [0.25, 0.3) is 0 Å². The highest BCUT2D eigenvalue weighted by Gasteiger charge is 2.07. The molecule has 0 unspecified atom stereocenters. The number of nitrogens with zero attached hydrogens (tertiary/aromatic N) is 1. The highest BCUT2D eigenvalue weighted by atomic mass is 16.5. The molecule has 0 aromatic carbocycles. The van der Waals surface area contributed by atoms with Crippen LogP contribution < -0.4 is 10.5 Å². The van der Waals surface area contributed by atoms with Crippen LogP contribution in [0.1, 0.15) is 38.3 Å². The Morgan fingerprint density at radius 1 is 1.57 bits per heavy atom. The maximum atomic E-state index is 5.80. The fraction of sp³-hybridized carbons (Fsp3) is 0.545. The van der Waals surface area contributed by atoms with Crippen LogP contribution >= 0.6 is 0 Å². The predicted octanol–water partition coefficient (Wildman–Crippen LogP) is 2.28. The molecular weight excluding hydrogens is 176 g/mol. The average Bonchev–Trinajstić information content (AvgIpc) is 2.19. The highest BCUT2D eigenvalue weighted by molar-refractivity contribution is 5.27. The number of hydrogen-bond acceptors (Lipinski definition) is 3. The van der Waals surface area contributed by atoms with E-state index in [1.807, 2.05) is 19.1 Å². The summed E-state index contributed by atoms with van der Waals surface area (Å²) in [6, 6.07) is 3.81. The summed E-state index contributed by atoms with van der Waals surface area (Å²) in [4.78, 5) is 4.17. The van der Waals surface area contributed by atoms with Gasteiger partial charge in [-0.25, -0.2) is 4.98 Å². The molecule has 1 aromatic rings. The molecule has 3 nitrogen and oxygen atoms in total. The zero-order valence-electron chi connectivity index (χ0n) is 8.86. The van der Waals surface area contributed by atoms with Crippen molar-refractivity contribution in [1.82, 2.24) is 4.98 Å². The summed E-state index contributed by atoms with van der Waals surface area (Å²) in [6.07, 6.45) is 3.91. The van der Waals surface area contributed by atoms with Gasteiger partial charge >= 0.3 is 0 Å². The molecule has 0 fully saturated rings. The molecule has 1 rings (SSSR count). The lowest BCUT2D eigenvalue weighted by Crippen LogP contribution is -2.09. The second kappa shape index (κ2) is 5.60. The molecule has 0 aliphatic rings. The number of rotatable bonds is 5. The van der Waals surface area contributed by atoms with Crippen molar-refractivity contribution in [3.8, 4) is 5.88 Å². The first kappa shape index (κ1) is 11.0. The second-order valence-electron chi connectivity index (χ2n) is 3.39. The Hall–Kier alpha value is -1.09. The summed E-state index contributed by atoms with van der Waals surface area (Å²) in [5.41, 5.74) is 6.77. The molecule has 14 heavy (non-hydrogen) atoms. The molecule has 0 radical (unpaired) electrons. The Morgan fingerprint density at radius 2 is 2.36 bits per heavy atom. The summed E-state index contributed by atoms with van der Waals surface area (Å²) in [6.45, 7) is 4.78. The smallest absolute Gasteiger partial charge is 0.218 e. The van der Waals surface area contributed by atoms with E-state index < -0.39 is 0 Å². The molecule has 1 aromatic heterocycles. The Labute approximate surface area is 85.3 Å². The third-order valence-electron chi connectivity index (χ3n) is 2.03. The van der Waals surface area contributed by atoms with Crippen molar-refractivity contribution < 1.29 is 4.74 Å². The minimum atomic E-state index is -0.0275. The van der Waals surface area contributed by atoms with E-state index in [0.717, 1.165) is 18.4 Å². The van der Waals surface area contributed by atoms with Gasteiger partial charge in [0, 0.05) is 17.8 Å². The molecule has 0 saturated carbocycles. The van der Waals surface area contributed by atoms with Gasteiger partial charge in [0.15, 0.2) is 0 Å². The van der Waals surface area contributed by atoms with Crippen LogP contribution in [0.2, 0.25) is 0 Å². The molecule has 3 heteroatoms. The third-order valence-corrected chi connectivity index (χ3v) is 2.03. The molecule has 0 saturated heterocycles. The molecular formula is C11H18N2O. The van der Waals surface area contributed by atoms with E-state index in [2.05, 4.69) is 11.9 Å². The summed E-state index contributed by atoms with van der Waals surface area (Å²) < 4.78 is 5.55. The molecule has 0 aliphatic carbocycles. The maximum absolute atomic E-state index is 5.80. The van der Waals surface area contributed by atoms with Crippen LogP contribution in [0.15, 0.2) is 18.3 Å². The third kappa shape index (κ3) is 3.00. The first-order valence-electron chi connectivity index (χ1n) is 5.09. The SMILES string of the molecule is CCCCOc1ncccc1[C@@H](C)N. The van der Waals surface area contributed by atoms with Gasteiger partial charge in [0.2, 0.25) is 5.88 Å². The summed E-state index contributed by atoms with van der Waals surface area (Å²) in [7, 11) is 0. The lowest BCUT2D eigenvalue weighted by molar-refractivity contribution is 0.293. The van der Waals surface area contributed by atoms with E-state index in [1.54, 1.807) is 6.20 Å². The second-order valence-corrected chi connectivity index (χ2v) is 3.39. The van der Waals surface area contributed by atoms with Gasteiger partial charge in [0.05, 0.1) is 6.61 Å². The molecule has 1 atom stereocenters. The number of pyridine rings is 1. The van der Waals surface area contributed by atoms with Crippen molar-refractivity contribution in [2.75, 3.05) is 6.61 Å². The van der Waals surface area contributed by atoms with E-state index in [9.17, 15) is 0 Å². The maximum Gasteiger partial charge on any atom is 0.218 e. The Bertz CT molecular complexity index is 274. The summed E-state index contributed by atoms with van der Waals surface area (Å²) in [5.74, 6) is 0.677. The lowest BCUT2D eigenvalue weighted by Gasteiger charge is -2.11. The Morgan fingerprint density at radius 3 is 3.00 bits per heavy atom. The van der Waals surface area contributed by atoms with Gasteiger partial charge in [-0.1, -0.05) is 19.4 Å². The van der Waals surface area contributed by atoms with E-state index >= 15 is 0 Å². The van der Waals surface area contributed by atoms with Crippen molar-refractivity contribution in [2.24, 2.45) is 5.73 Å². The summed E-state index contributed by atoms with van der Waals surface area (Å²) in [5, 5.41) is 0. The van der Waals surface area contributed by atoms with Crippen molar-refractivity contribution in [3.63, 3.8) is 0 Å². The first-order chi connectivity index (χ1) is 6.75. The van der Waals surface area contributed by atoms with E-state index in [1.165, 1.54) is 0 Å². The molecule has 0 aliphatic heterocycles. The number of aromatic nitrogens is 1. The normalized spacial score (nSPS) is 12.5. The lowest BCUT2D eigenvalue weighted by atomic mass is 10.1. The standard InChI is InChI=1S/C11H18N2O/c1-3-4-8-14-11-10(9(2)12)6-5-7-13-11/h5-7,9H,3-4,8,12H2,1-2H3/t9-/m1/s1. The summed E-state index contributed by atoms with van der Waals surface area (Å²) >= 11 is 0. The van der Waals surface area contributed by atoms with E-state index in [-0.39, 0.29) is 6.04 Å². The number of nitrogens with two attached hydrogens (primary N) is 1. The van der Waals surface area contributed by atoms with Gasteiger partial charge in [0.1, 0.15) is 0 Å². The van der Waals surface area contributed by atoms with Crippen LogP contribution in [0, 0.1) is 0 Å². The molecule has 0 spiro atoms. The van der Waals surface area contributed by atoms with Gasteiger partial charge < -0.3 is 10.5 Å². The van der Waals surface area contributed by atoms with E-state index in [0.29, 0.717) is 12.5 Å². The Balaban J connectivity index is 2.64. The molecule has 2 N–H and O–H groups in total. The quantitative estimate of drug-likeness (QED) is 0.731. The minimum Gasteiger partial charge on any atom is -0.477 e. The van der Waals surface area contributed by atoms with Crippen LogP contribution in [-0.2, 0) is 0 Å².